The fourth-order valence-corrected chi connectivity index (χ4v) is 6.20. The minimum Gasteiger partial charge on any atom is -0.428 e. The molecule has 1 aromatic heterocycles. The van der Waals surface area contributed by atoms with Crippen molar-refractivity contribution in [1.82, 2.24) is 9.29 Å². The van der Waals surface area contributed by atoms with E-state index in [0.29, 0.717) is 0 Å². The van der Waals surface area contributed by atoms with Gasteiger partial charge in [0.15, 0.2) is 0 Å². The molecule has 1 aliphatic rings. The fraction of sp³-hybridized carbons (Fsp3) is 0.474. The first-order chi connectivity index (χ1) is 16.8. The van der Waals surface area contributed by atoms with E-state index in [1.807, 2.05) is 0 Å². The highest BCUT2D eigenvalue weighted by molar-refractivity contribution is 7.91. The van der Waals surface area contributed by atoms with E-state index in [-0.39, 0.29) is 41.8 Å². The van der Waals surface area contributed by atoms with E-state index < -0.39 is 51.7 Å². The minimum absolute atomic E-state index is 0.0160. The van der Waals surface area contributed by atoms with Crippen LogP contribution in [0.25, 0.3) is 0 Å². The molecule has 0 amide bonds. The van der Waals surface area contributed by atoms with Crippen LogP contribution in [0.3, 0.4) is 0 Å². The highest BCUT2D eigenvalue weighted by Gasteiger charge is 2.76. The predicted molar refractivity (Wildman–Crippen MR) is 110 cm³/mol. The van der Waals surface area contributed by atoms with E-state index in [9.17, 15) is 52.7 Å². The molecule has 1 fully saturated rings. The fourth-order valence-electron chi connectivity index (χ4n) is 3.72. The molecule has 7 nitrogen and oxygen atoms in total. The topological polar surface area (TPSA) is 79.8 Å². The van der Waals surface area contributed by atoms with Crippen LogP contribution in [0.5, 0.6) is 0 Å². The molecule has 206 valence electrons. The number of carbonyl (C=O) groups is 1. The Kier molecular flexibility index (Phi) is 7.52. The third-order valence-corrected chi connectivity index (χ3v) is 8.49. The Morgan fingerprint density at radius 3 is 2.00 bits per heavy atom. The standard InChI is InChI=1S/C19H16F9N3O4S2/c1-11-10-30(37(33,34)15-29-6-9-36-15)7-8-31(11)13-4-2-12(3-5-13)16(18(23,24)25,19(26,27)28)35-14(32)17(20,21)22/h2-6,9,11H,7-8,10H2,1H3/t11-/m0/s1. The number of hydrogen-bond acceptors (Lipinski definition) is 7. The van der Waals surface area contributed by atoms with Crippen molar-refractivity contribution in [2.24, 2.45) is 0 Å². The van der Waals surface area contributed by atoms with Gasteiger partial charge in [-0.05, 0) is 19.1 Å². The number of aromatic nitrogens is 1. The number of nitrogens with zero attached hydrogens (tertiary/aromatic N) is 3. The summed E-state index contributed by atoms with van der Waals surface area (Å²) in [5.41, 5.74) is -7.33. The maximum absolute atomic E-state index is 13.7. The van der Waals surface area contributed by atoms with Gasteiger partial charge in [0.1, 0.15) is 0 Å². The number of alkyl halides is 9. The Morgan fingerprint density at radius 2 is 1.57 bits per heavy atom. The molecule has 0 bridgehead atoms. The second kappa shape index (κ2) is 9.61. The van der Waals surface area contributed by atoms with Crippen LogP contribution in [0.1, 0.15) is 12.5 Å². The summed E-state index contributed by atoms with van der Waals surface area (Å²) in [5.74, 6) is -3.67. The van der Waals surface area contributed by atoms with Crippen LogP contribution < -0.4 is 4.90 Å². The van der Waals surface area contributed by atoms with Gasteiger partial charge in [-0.15, -0.1) is 11.3 Å². The molecule has 1 saturated heterocycles. The number of rotatable bonds is 5. The van der Waals surface area contributed by atoms with Crippen molar-refractivity contribution < 1.29 is 57.5 Å². The first-order valence-corrected chi connectivity index (χ1v) is 12.3. The Balaban J connectivity index is 1.92. The zero-order valence-electron chi connectivity index (χ0n) is 18.4. The molecule has 18 heteroatoms. The second-order valence-corrected chi connectivity index (χ2v) is 10.8. The summed E-state index contributed by atoms with van der Waals surface area (Å²) in [6.07, 6.45) is -17.8. The second-order valence-electron chi connectivity index (χ2n) is 7.81. The predicted octanol–water partition coefficient (Wildman–Crippen LogP) is 4.47. The van der Waals surface area contributed by atoms with Crippen LogP contribution >= 0.6 is 11.3 Å². The van der Waals surface area contributed by atoms with Crippen molar-refractivity contribution in [3.8, 4) is 0 Å². The van der Waals surface area contributed by atoms with Crippen LogP contribution in [0.2, 0.25) is 0 Å². The van der Waals surface area contributed by atoms with Crippen molar-refractivity contribution in [1.29, 1.82) is 0 Å². The number of halogens is 9. The Morgan fingerprint density at radius 1 is 1.00 bits per heavy atom. The molecule has 0 aliphatic carbocycles. The molecule has 37 heavy (non-hydrogen) atoms. The first kappa shape index (κ1) is 29.0. The van der Waals surface area contributed by atoms with Gasteiger partial charge in [0, 0.05) is 48.5 Å². The van der Waals surface area contributed by atoms with Gasteiger partial charge in [-0.25, -0.2) is 18.2 Å². The van der Waals surface area contributed by atoms with Crippen molar-refractivity contribution in [2.75, 3.05) is 24.5 Å². The van der Waals surface area contributed by atoms with Crippen molar-refractivity contribution >= 4 is 33.0 Å². The third kappa shape index (κ3) is 5.36. The van der Waals surface area contributed by atoms with Gasteiger partial charge in [0.05, 0.1) is 0 Å². The van der Waals surface area contributed by atoms with Crippen molar-refractivity contribution in [3.63, 3.8) is 0 Å². The van der Waals surface area contributed by atoms with Gasteiger partial charge in [-0.2, -0.15) is 43.8 Å². The van der Waals surface area contributed by atoms with Crippen LogP contribution in [0, 0.1) is 0 Å². The normalized spacial score (nSPS) is 18.6. The Bertz CT molecular complexity index is 1200. The zero-order valence-corrected chi connectivity index (χ0v) is 20.0. The van der Waals surface area contributed by atoms with Gasteiger partial charge in [-0.3, -0.25) is 0 Å². The maximum Gasteiger partial charge on any atom is 0.490 e. The smallest absolute Gasteiger partial charge is 0.428 e. The molecule has 0 unspecified atom stereocenters. The molecule has 1 aromatic carbocycles. The van der Waals surface area contributed by atoms with Gasteiger partial charge < -0.3 is 9.64 Å². The molecule has 1 atom stereocenters. The summed E-state index contributed by atoms with van der Waals surface area (Å²) in [5, 5.41) is 1.46. The van der Waals surface area contributed by atoms with Crippen molar-refractivity contribution in [3.05, 3.63) is 41.4 Å². The van der Waals surface area contributed by atoms with E-state index in [1.54, 1.807) is 6.92 Å². The number of thiazole rings is 1. The summed E-state index contributed by atoms with van der Waals surface area (Å²) >= 11 is 0.891. The molecule has 0 N–H and O–H groups in total. The van der Waals surface area contributed by atoms with Crippen LogP contribution in [-0.4, -0.2) is 67.9 Å². The number of carbonyl (C=O) groups excluding carboxylic acids is 1. The molecule has 2 heterocycles. The summed E-state index contributed by atoms with van der Waals surface area (Å²) in [7, 11) is -3.92. The zero-order chi connectivity index (χ0) is 28.0. The number of benzene rings is 1. The Hall–Kier alpha value is -2.60. The molecule has 3 rings (SSSR count). The minimum atomic E-state index is -6.50. The largest absolute Gasteiger partial charge is 0.490 e. The van der Waals surface area contributed by atoms with Gasteiger partial charge in [-0.1, -0.05) is 12.1 Å². The summed E-state index contributed by atoms with van der Waals surface area (Å²) in [6, 6.07) is 1.47. The first-order valence-electron chi connectivity index (χ1n) is 10.0. The van der Waals surface area contributed by atoms with Crippen LogP contribution in [0.4, 0.5) is 45.2 Å². The molecule has 1 aliphatic heterocycles. The molecule has 0 spiro atoms. The number of piperazine rings is 1. The molecular weight excluding hydrogens is 569 g/mol. The van der Waals surface area contributed by atoms with Gasteiger partial charge >= 0.3 is 30.1 Å². The SMILES string of the molecule is C[C@H]1CN(S(=O)(=O)c2nccs2)CCN1c1ccc(C(OC(=O)C(F)(F)F)(C(F)(F)F)C(F)(F)F)cc1. The number of esters is 1. The quantitative estimate of drug-likeness (QED) is 0.381. The molecule has 0 saturated carbocycles. The Labute approximate surface area is 207 Å². The monoisotopic (exact) mass is 585 g/mol. The average molecular weight is 585 g/mol. The van der Waals surface area contributed by atoms with Gasteiger partial charge in [0.25, 0.3) is 10.0 Å². The van der Waals surface area contributed by atoms with E-state index >= 15 is 0 Å². The van der Waals surface area contributed by atoms with E-state index in [4.69, 9.17) is 0 Å². The lowest BCUT2D eigenvalue weighted by Crippen LogP contribution is -2.58. The number of anilines is 1. The van der Waals surface area contributed by atoms with Gasteiger partial charge in [0.2, 0.25) is 4.34 Å². The summed E-state index contributed by atoms with van der Waals surface area (Å²) < 4.78 is 149. The van der Waals surface area contributed by atoms with Crippen LogP contribution in [-0.2, 0) is 25.2 Å². The highest BCUT2D eigenvalue weighted by Crippen LogP contribution is 2.53. The highest BCUT2D eigenvalue weighted by atomic mass is 32.2. The molecule has 2 aromatic rings. The van der Waals surface area contributed by atoms with E-state index in [1.165, 1.54) is 16.5 Å². The number of ether oxygens (including phenoxy) is 1. The van der Waals surface area contributed by atoms with Crippen LogP contribution in [0.15, 0.2) is 40.2 Å². The third-order valence-electron chi connectivity index (χ3n) is 5.44. The lowest BCUT2D eigenvalue weighted by atomic mass is 9.91. The summed E-state index contributed by atoms with van der Waals surface area (Å²) in [6.45, 7) is 1.35. The lowest BCUT2D eigenvalue weighted by Gasteiger charge is -2.41. The number of hydrogen-bond donors (Lipinski definition) is 0. The lowest BCUT2D eigenvalue weighted by molar-refractivity contribution is -0.382. The van der Waals surface area contributed by atoms with E-state index in [0.717, 1.165) is 27.8 Å². The number of sulfonamides is 1. The van der Waals surface area contributed by atoms with Crippen molar-refractivity contribution in [2.45, 2.75) is 41.4 Å². The molecular formula is C19H16F9N3O4S2. The average Bonchev–Trinajstić information content (AvgIpc) is 3.31. The molecule has 0 radical (unpaired) electrons. The van der Waals surface area contributed by atoms with E-state index in [2.05, 4.69) is 9.72 Å². The maximum atomic E-state index is 13.7. The summed E-state index contributed by atoms with van der Waals surface area (Å²) in [4.78, 5) is 16.3.